The molecule has 1 aliphatic rings. The average Bonchev–Trinajstić information content (AvgIpc) is 2.56. The molecule has 2 rings (SSSR count). The Morgan fingerprint density at radius 1 is 1.33 bits per heavy atom. The highest BCUT2D eigenvalue weighted by Crippen LogP contribution is 2.27. The van der Waals surface area contributed by atoms with E-state index < -0.39 is 5.60 Å². The molecule has 1 aromatic heterocycles. The molecule has 0 atom stereocenters. The van der Waals surface area contributed by atoms with Gasteiger partial charge >= 0.3 is 0 Å². The molecule has 2 N–H and O–H groups in total. The van der Waals surface area contributed by atoms with Gasteiger partial charge in [-0.15, -0.1) is 0 Å². The predicted octanol–water partition coefficient (Wildman–Crippen LogP) is 3.65. The normalized spacial score (nSPS) is 19.3. The predicted molar refractivity (Wildman–Crippen MR) is 77.8 cm³/mol. The standard InChI is InChI=1S/C14H21BrN2O/c1-11-8-13(16-9-12(11)15)17-10-14(18)6-4-2-3-5-7-14/h8-9,18H,2-7,10H2,1H3,(H,16,17). The zero-order valence-electron chi connectivity index (χ0n) is 10.9. The number of aliphatic hydroxyl groups is 1. The number of halogens is 1. The van der Waals surface area contributed by atoms with Crippen molar-refractivity contribution in [1.29, 1.82) is 0 Å². The Morgan fingerprint density at radius 3 is 2.61 bits per heavy atom. The van der Waals surface area contributed by atoms with Gasteiger partial charge in [0.1, 0.15) is 5.82 Å². The first-order valence-corrected chi connectivity index (χ1v) is 7.47. The molecule has 100 valence electrons. The summed E-state index contributed by atoms with van der Waals surface area (Å²) in [5.74, 6) is 0.841. The number of rotatable bonds is 3. The summed E-state index contributed by atoms with van der Waals surface area (Å²) in [6, 6.07) is 2.00. The molecule has 0 aliphatic heterocycles. The van der Waals surface area contributed by atoms with Gasteiger partial charge in [-0.25, -0.2) is 4.98 Å². The number of nitrogens with zero attached hydrogens (tertiary/aromatic N) is 1. The van der Waals surface area contributed by atoms with Crippen LogP contribution in [-0.2, 0) is 0 Å². The van der Waals surface area contributed by atoms with Crippen LogP contribution in [0.1, 0.15) is 44.1 Å². The molecule has 0 radical (unpaired) electrons. The maximum atomic E-state index is 10.5. The van der Waals surface area contributed by atoms with Crippen molar-refractivity contribution in [1.82, 2.24) is 4.98 Å². The minimum Gasteiger partial charge on any atom is -0.388 e. The zero-order chi connectivity index (χ0) is 13.0. The largest absolute Gasteiger partial charge is 0.388 e. The summed E-state index contributed by atoms with van der Waals surface area (Å²) in [5, 5.41) is 13.8. The van der Waals surface area contributed by atoms with Crippen molar-refractivity contribution in [3.63, 3.8) is 0 Å². The molecule has 0 unspecified atom stereocenters. The first-order chi connectivity index (χ1) is 8.59. The van der Waals surface area contributed by atoms with E-state index in [1.165, 1.54) is 12.8 Å². The van der Waals surface area contributed by atoms with E-state index in [2.05, 4.69) is 26.2 Å². The van der Waals surface area contributed by atoms with Gasteiger partial charge in [-0.05, 0) is 47.3 Å². The summed E-state index contributed by atoms with van der Waals surface area (Å²) in [5.41, 5.74) is 0.597. The van der Waals surface area contributed by atoms with Crippen LogP contribution in [-0.4, -0.2) is 22.2 Å². The molecule has 18 heavy (non-hydrogen) atoms. The Balaban J connectivity index is 1.95. The highest BCUT2D eigenvalue weighted by Gasteiger charge is 2.27. The fraction of sp³-hybridized carbons (Fsp3) is 0.643. The lowest BCUT2D eigenvalue weighted by atomic mass is 9.94. The van der Waals surface area contributed by atoms with E-state index in [1.807, 2.05) is 13.0 Å². The van der Waals surface area contributed by atoms with Gasteiger partial charge in [-0.1, -0.05) is 25.7 Å². The van der Waals surface area contributed by atoms with E-state index in [0.717, 1.165) is 41.5 Å². The molecule has 0 spiro atoms. The maximum absolute atomic E-state index is 10.5. The summed E-state index contributed by atoms with van der Waals surface area (Å²) in [7, 11) is 0. The summed E-state index contributed by atoms with van der Waals surface area (Å²) < 4.78 is 1.02. The molecular formula is C14H21BrN2O. The molecule has 1 aromatic rings. The number of aromatic nitrogens is 1. The Morgan fingerprint density at radius 2 is 2.00 bits per heavy atom. The first kappa shape index (κ1) is 13.8. The van der Waals surface area contributed by atoms with E-state index in [0.29, 0.717) is 6.54 Å². The highest BCUT2D eigenvalue weighted by molar-refractivity contribution is 9.10. The lowest BCUT2D eigenvalue weighted by Gasteiger charge is -2.27. The van der Waals surface area contributed by atoms with Crippen molar-refractivity contribution in [2.45, 2.75) is 51.0 Å². The van der Waals surface area contributed by atoms with E-state index >= 15 is 0 Å². The van der Waals surface area contributed by atoms with Crippen molar-refractivity contribution >= 4 is 21.7 Å². The van der Waals surface area contributed by atoms with Crippen LogP contribution in [0.15, 0.2) is 16.7 Å². The van der Waals surface area contributed by atoms with Crippen molar-refractivity contribution < 1.29 is 5.11 Å². The van der Waals surface area contributed by atoms with Crippen molar-refractivity contribution in [3.05, 3.63) is 22.3 Å². The molecule has 3 nitrogen and oxygen atoms in total. The van der Waals surface area contributed by atoms with Crippen LogP contribution in [0.5, 0.6) is 0 Å². The molecule has 1 fully saturated rings. The number of anilines is 1. The summed E-state index contributed by atoms with van der Waals surface area (Å²) in [6.45, 7) is 2.64. The Labute approximate surface area is 117 Å². The second-order valence-electron chi connectivity index (χ2n) is 5.31. The van der Waals surface area contributed by atoms with Gasteiger partial charge < -0.3 is 10.4 Å². The zero-order valence-corrected chi connectivity index (χ0v) is 12.5. The van der Waals surface area contributed by atoms with Crippen molar-refractivity contribution in [2.24, 2.45) is 0 Å². The van der Waals surface area contributed by atoms with Gasteiger partial charge in [-0.2, -0.15) is 0 Å². The van der Waals surface area contributed by atoms with Crippen LogP contribution in [0.2, 0.25) is 0 Å². The number of aryl methyl sites for hydroxylation is 1. The third-order valence-electron chi connectivity index (χ3n) is 3.68. The second-order valence-corrected chi connectivity index (χ2v) is 6.17. The number of hydrogen-bond acceptors (Lipinski definition) is 3. The van der Waals surface area contributed by atoms with Crippen LogP contribution < -0.4 is 5.32 Å². The lowest BCUT2D eigenvalue weighted by Crippen LogP contribution is -2.36. The van der Waals surface area contributed by atoms with Crippen molar-refractivity contribution in [2.75, 3.05) is 11.9 Å². The van der Waals surface area contributed by atoms with Gasteiger partial charge in [0.25, 0.3) is 0 Å². The molecule has 1 heterocycles. The van der Waals surface area contributed by atoms with Gasteiger partial charge in [0.2, 0.25) is 0 Å². The monoisotopic (exact) mass is 312 g/mol. The maximum Gasteiger partial charge on any atom is 0.126 e. The quantitative estimate of drug-likeness (QED) is 0.837. The van der Waals surface area contributed by atoms with Crippen LogP contribution in [0.25, 0.3) is 0 Å². The van der Waals surface area contributed by atoms with Crippen LogP contribution in [0.3, 0.4) is 0 Å². The third kappa shape index (κ3) is 3.69. The molecule has 1 aliphatic carbocycles. The van der Waals surface area contributed by atoms with E-state index in [-0.39, 0.29) is 0 Å². The smallest absolute Gasteiger partial charge is 0.126 e. The first-order valence-electron chi connectivity index (χ1n) is 6.67. The molecule has 1 saturated carbocycles. The van der Waals surface area contributed by atoms with Gasteiger partial charge in [0, 0.05) is 17.2 Å². The molecule has 0 saturated heterocycles. The van der Waals surface area contributed by atoms with Crippen LogP contribution in [0.4, 0.5) is 5.82 Å². The Bertz CT molecular complexity index is 401. The number of pyridine rings is 1. The van der Waals surface area contributed by atoms with Gasteiger partial charge in [0.05, 0.1) is 5.60 Å². The highest BCUT2D eigenvalue weighted by atomic mass is 79.9. The SMILES string of the molecule is Cc1cc(NCC2(O)CCCCCC2)ncc1Br. The number of nitrogens with one attached hydrogen (secondary N) is 1. The van der Waals surface area contributed by atoms with E-state index in [9.17, 15) is 5.11 Å². The minimum absolute atomic E-state index is 0.556. The molecule has 4 heteroatoms. The minimum atomic E-state index is -0.556. The molecular weight excluding hydrogens is 292 g/mol. The topological polar surface area (TPSA) is 45.1 Å². The molecule has 0 bridgehead atoms. The van der Waals surface area contributed by atoms with E-state index in [4.69, 9.17) is 0 Å². The Kier molecular flexibility index (Phi) is 4.62. The second kappa shape index (κ2) is 6.02. The van der Waals surface area contributed by atoms with Gasteiger partial charge in [-0.3, -0.25) is 0 Å². The molecule has 0 amide bonds. The summed E-state index contributed by atoms with van der Waals surface area (Å²) in [6.07, 6.45) is 8.35. The lowest BCUT2D eigenvalue weighted by molar-refractivity contribution is 0.0380. The number of hydrogen-bond donors (Lipinski definition) is 2. The Hall–Kier alpha value is -0.610. The summed E-state index contributed by atoms with van der Waals surface area (Å²) in [4.78, 5) is 4.31. The molecule has 0 aromatic carbocycles. The summed E-state index contributed by atoms with van der Waals surface area (Å²) >= 11 is 3.44. The van der Waals surface area contributed by atoms with Crippen molar-refractivity contribution in [3.8, 4) is 0 Å². The third-order valence-corrected chi connectivity index (χ3v) is 4.51. The van der Waals surface area contributed by atoms with Crippen LogP contribution in [0, 0.1) is 6.92 Å². The van der Waals surface area contributed by atoms with E-state index in [1.54, 1.807) is 6.20 Å². The average molecular weight is 313 g/mol. The van der Waals surface area contributed by atoms with Gasteiger partial charge in [0.15, 0.2) is 0 Å². The fourth-order valence-electron chi connectivity index (χ4n) is 2.45. The van der Waals surface area contributed by atoms with Crippen LogP contribution >= 0.6 is 15.9 Å². The fourth-order valence-corrected chi connectivity index (χ4v) is 2.67.